The van der Waals surface area contributed by atoms with Crippen LogP contribution in [0.4, 0.5) is 13.2 Å². The highest BCUT2D eigenvalue weighted by atomic mass is 19.4. The van der Waals surface area contributed by atoms with E-state index in [1.165, 1.54) is 25.3 Å². The average Bonchev–Trinajstić information content (AvgIpc) is 2.60. The molecule has 2 nitrogen and oxygen atoms in total. The zero-order chi connectivity index (χ0) is 20.1. The van der Waals surface area contributed by atoms with Crippen LogP contribution in [0.15, 0.2) is 36.5 Å². The molecule has 0 aromatic carbocycles. The highest BCUT2D eigenvalue weighted by Gasteiger charge is 2.48. The van der Waals surface area contributed by atoms with Crippen molar-refractivity contribution in [3.8, 4) is 12.3 Å². The predicted octanol–water partition coefficient (Wildman–Crippen LogP) is 4.81. The minimum atomic E-state index is -4.36. The van der Waals surface area contributed by atoms with E-state index in [0.717, 1.165) is 50.7 Å². The van der Waals surface area contributed by atoms with Gasteiger partial charge >= 0.3 is 6.18 Å². The number of hydrogen-bond donors (Lipinski definition) is 0. The molecule has 0 spiro atoms. The molecule has 1 atom stereocenters. The van der Waals surface area contributed by atoms with Gasteiger partial charge in [-0.1, -0.05) is 44.2 Å². The fourth-order valence-electron chi connectivity index (χ4n) is 4.15. The van der Waals surface area contributed by atoms with E-state index in [1.807, 2.05) is 6.92 Å². The third-order valence-corrected chi connectivity index (χ3v) is 6.08. The number of alkyl halides is 3. The maximum Gasteiger partial charge on any atom is 0.416 e. The van der Waals surface area contributed by atoms with E-state index in [2.05, 4.69) is 29.2 Å². The quantitative estimate of drug-likeness (QED) is 0.462. The molecule has 0 saturated carbocycles. The zero-order valence-corrected chi connectivity index (χ0v) is 16.4. The van der Waals surface area contributed by atoms with Gasteiger partial charge in [-0.05, 0) is 38.8 Å². The maximum atomic E-state index is 12.7. The summed E-state index contributed by atoms with van der Waals surface area (Å²) < 4.78 is 38.2. The first-order chi connectivity index (χ1) is 12.8. The first kappa shape index (κ1) is 21.8. The molecule has 0 radical (unpaired) electrons. The largest absolute Gasteiger partial charge is 0.416 e. The number of halogens is 3. The minimum Gasteiger partial charge on any atom is -0.294 e. The molecule has 5 heteroatoms. The van der Waals surface area contributed by atoms with Crippen molar-refractivity contribution in [2.45, 2.75) is 57.3 Å². The molecule has 2 fully saturated rings. The molecule has 2 aliphatic heterocycles. The number of terminal acetylenes is 1. The molecule has 0 aliphatic carbocycles. The Kier molecular flexibility index (Phi) is 7.36. The number of allylic oxidation sites excluding steroid dienone is 4. The SMILES string of the molecule is C#CCC1(N2CCC(CC)CC2)CN(C(C)C=CC=C(C=C)C(F)(F)F)C1. The van der Waals surface area contributed by atoms with Crippen LogP contribution in [0.3, 0.4) is 0 Å². The van der Waals surface area contributed by atoms with Crippen LogP contribution >= 0.6 is 0 Å². The van der Waals surface area contributed by atoms with E-state index < -0.39 is 11.7 Å². The van der Waals surface area contributed by atoms with Gasteiger partial charge in [-0.3, -0.25) is 9.80 Å². The van der Waals surface area contributed by atoms with Gasteiger partial charge in [0.2, 0.25) is 0 Å². The molecule has 2 saturated heterocycles. The smallest absolute Gasteiger partial charge is 0.294 e. The van der Waals surface area contributed by atoms with Gasteiger partial charge in [0.1, 0.15) is 0 Å². The van der Waals surface area contributed by atoms with Gasteiger partial charge in [-0.15, -0.1) is 12.3 Å². The lowest BCUT2D eigenvalue weighted by molar-refractivity contribution is -0.0881. The van der Waals surface area contributed by atoms with Crippen LogP contribution in [0.25, 0.3) is 0 Å². The van der Waals surface area contributed by atoms with Crippen LogP contribution in [-0.4, -0.2) is 53.7 Å². The first-order valence-electron chi connectivity index (χ1n) is 9.76. The lowest BCUT2D eigenvalue weighted by Crippen LogP contribution is -2.72. The van der Waals surface area contributed by atoms with Crippen LogP contribution in [0.5, 0.6) is 0 Å². The molecule has 150 valence electrons. The Labute approximate surface area is 161 Å². The van der Waals surface area contributed by atoms with Crippen LogP contribution in [0.2, 0.25) is 0 Å². The minimum absolute atomic E-state index is 0.0314. The van der Waals surface area contributed by atoms with Crippen LogP contribution in [-0.2, 0) is 0 Å². The Morgan fingerprint density at radius 3 is 2.44 bits per heavy atom. The van der Waals surface area contributed by atoms with Crippen LogP contribution < -0.4 is 0 Å². The summed E-state index contributed by atoms with van der Waals surface area (Å²) in [6, 6.07) is 0.0691. The summed E-state index contributed by atoms with van der Waals surface area (Å²) in [5, 5.41) is 0. The average molecular weight is 380 g/mol. The maximum absolute atomic E-state index is 12.7. The lowest BCUT2D eigenvalue weighted by Gasteiger charge is -2.58. The van der Waals surface area contributed by atoms with Crippen LogP contribution in [0.1, 0.15) is 39.5 Å². The monoisotopic (exact) mass is 380 g/mol. The molecule has 1 unspecified atom stereocenters. The van der Waals surface area contributed by atoms with Gasteiger partial charge in [-0.25, -0.2) is 0 Å². The Balaban J connectivity index is 1.95. The Bertz CT molecular complexity index is 598. The molecule has 0 aromatic rings. The molecule has 0 amide bonds. The fraction of sp³-hybridized carbons (Fsp3) is 0.636. The van der Waals surface area contributed by atoms with E-state index in [1.54, 1.807) is 6.08 Å². The highest BCUT2D eigenvalue weighted by molar-refractivity contribution is 5.27. The molecule has 2 heterocycles. The van der Waals surface area contributed by atoms with Gasteiger partial charge in [-0.2, -0.15) is 13.2 Å². The molecule has 2 aliphatic rings. The summed E-state index contributed by atoms with van der Waals surface area (Å²) in [5.74, 6) is 3.66. The van der Waals surface area contributed by atoms with Gasteiger partial charge in [0.15, 0.2) is 0 Å². The molecule has 0 aromatic heterocycles. The van der Waals surface area contributed by atoms with Gasteiger partial charge < -0.3 is 0 Å². The molecule has 27 heavy (non-hydrogen) atoms. The zero-order valence-electron chi connectivity index (χ0n) is 16.4. The molecule has 0 bridgehead atoms. The lowest BCUT2D eigenvalue weighted by atomic mass is 9.80. The number of nitrogens with zero attached hydrogens (tertiary/aromatic N) is 2. The van der Waals surface area contributed by atoms with Crippen molar-refractivity contribution in [3.05, 3.63) is 36.5 Å². The number of rotatable bonds is 7. The summed E-state index contributed by atoms with van der Waals surface area (Å²) in [5.41, 5.74) is -0.695. The van der Waals surface area contributed by atoms with Crippen molar-refractivity contribution in [2.75, 3.05) is 26.2 Å². The summed E-state index contributed by atoms with van der Waals surface area (Å²) in [7, 11) is 0. The van der Waals surface area contributed by atoms with Crippen molar-refractivity contribution in [1.29, 1.82) is 0 Å². The van der Waals surface area contributed by atoms with Crippen LogP contribution in [0, 0.1) is 18.3 Å². The number of hydrogen-bond acceptors (Lipinski definition) is 2. The fourth-order valence-corrected chi connectivity index (χ4v) is 4.15. The second-order valence-corrected chi connectivity index (χ2v) is 7.80. The standard InChI is InChI=1S/C22H31F3N2/c1-5-13-21(27-14-11-19(6-2)12-15-27)16-26(17-21)18(4)9-8-10-20(7-3)22(23,24)25/h1,7-10,18-19H,3,6,11-17H2,2,4H3. The summed E-state index contributed by atoms with van der Waals surface area (Å²) in [6.07, 6.45) is 10.9. The van der Waals surface area contributed by atoms with E-state index in [0.29, 0.717) is 0 Å². The second-order valence-electron chi connectivity index (χ2n) is 7.80. The van der Waals surface area contributed by atoms with E-state index in [4.69, 9.17) is 6.42 Å². The van der Waals surface area contributed by atoms with Crippen molar-refractivity contribution < 1.29 is 13.2 Å². The second kappa shape index (κ2) is 9.12. The predicted molar refractivity (Wildman–Crippen MR) is 105 cm³/mol. The van der Waals surface area contributed by atoms with E-state index >= 15 is 0 Å². The summed E-state index contributed by atoms with van der Waals surface area (Å²) >= 11 is 0. The third-order valence-electron chi connectivity index (χ3n) is 6.08. The van der Waals surface area contributed by atoms with Gasteiger partial charge in [0, 0.05) is 25.6 Å². The topological polar surface area (TPSA) is 6.48 Å². The van der Waals surface area contributed by atoms with Crippen molar-refractivity contribution in [2.24, 2.45) is 5.92 Å². The van der Waals surface area contributed by atoms with Crippen molar-refractivity contribution in [1.82, 2.24) is 9.80 Å². The Hall–Kier alpha value is -1.51. The van der Waals surface area contributed by atoms with Gasteiger partial charge in [0.25, 0.3) is 0 Å². The van der Waals surface area contributed by atoms with E-state index in [-0.39, 0.29) is 11.6 Å². The first-order valence-corrected chi connectivity index (χ1v) is 9.76. The van der Waals surface area contributed by atoms with E-state index in [9.17, 15) is 13.2 Å². The third kappa shape index (κ3) is 5.27. The molecular weight excluding hydrogens is 349 g/mol. The highest BCUT2D eigenvalue weighted by Crippen LogP contribution is 2.36. The molecule has 0 N–H and O–H groups in total. The number of likely N-dealkylation sites (tertiary alicyclic amines) is 2. The van der Waals surface area contributed by atoms with Crippen molar-refractivity contribution >= 4 is 0 Å². The summed E-state index contributed by atoms with van der Waals surface area (Å²) in [6.45, 7) is 11.4. The van der Waals surface area contributed by atoms with Gasteiger partial charge in [0.05, 0.1) is 11.1 Å². The van der Waals surface area contributed by atoms with Crippen molar-refractivity contribution in [3.63, 3.8) is 0 Å². The molecular formula is C22H31F3N2. The normalized spacial score (nSPS) is 23.8. The Morgan fingerprint density at radius 1 is 1.33 bits per heavy atom. The number of piperidine rings is 1. The Morgan fingerprint density at radius 2 is 1.96 bits per heavy atom. The molecule has 2 rings (SSSR count). The summed E-state index contributed by atoms with van der Waals surface area (Å²) in [4.78, 5) is 4.82.